The summed E-state index contributed by atoms with van der Waals surface area (Å²) in [6.45, 7) is 4.47. The molecule has 1 saturated carbocycles. The van der Waals surface area contributed by atoms with E-state index in [0.29, 0.717) is 18.4 Å². The molecule has 114 valence electrons. The van der Waals surface area contributed by atoms with Crippen molar-refractivity contribution in [2.24, 2.45) is 17.8 Å². The Morgan fingerprint density at radius 1 is 1.19 bits per heavy atom. The Morgan fingerprint density at radius 2 is 1.86 bits per heavy atom. The topological polar surface area (TPSA) is 50.4 Å². The van der Waals surface area contributed by atoms with Gasteiger partial charge in [-0.2, -0.15) is 0 Å². The SMILES string of the molecule is C[C@@H]1C[C@H]1CNC(=O)NC[C@H]1CCO[C@@H]1c1ccccc1. The molecular weight excluding hydrogens is 264 g/mol. The summed E-state index contributed by atoms with van der Waals surface area (Å²) in [4.78, 5) is 11.8. The van der Waals surface area contributed by atoms with Crippen molar-refractivity contribution in [3.8, 4) is 0 Å². The fourth-order valence-corrected chi connectivity index (χ4v) is 3.05. The molecule has 4 atom stereocenters. The number of urea groups is 1. The van der Waals surface area contributed by atoms with Crippen LogP contribution in [0.3, 0.4) is 0 Å². The minimum absolute atomic E-state index is 0.0483. The van der Waals surface area contributed by atoms with Gasteiger partial charge in [0.2, 0.25) is 0 Å². The van der Waals surface area contributed by atoms with Crippen LogP contribution in [0.2, 0.25) is 0 Å². The number of hydrogen-bond donors (Lipinski definition) is 2. The zero-order valence-corrected chi connectivity index (χ0v) is 12.5. The van der Waals surface area contributed by atoms with Crippen molar-refractivity contribution in [1.29, 1.82) is 0 Å². The van der Waals surface area contributed by atoms with Gasteiger partial charge in [0.15, 0.2) is 0 Å². The summed E-state index contributed by atoms with van der Waals surface area (Å²) in [6.07, 6.45) is 2.35. The van der Waals surface area contributed by atoms with Gasteiger partial charge in [-0.25, -0.2) is 4.79 Å². The summed E-state index contributed by atoms with van der Waals surface area (Å²) >= 11 is 0. The van der Waals surface area contributed by atoms with Crippen molar-refractivity contribution in [2.75, 3.05) is 19.7 Å². The molecule has 2 fully saturated rings. The lowest BCUT2D eigenvalue weighted by molar-refractivity contribution is 0.0910. The zero-order valence-electron chi connectivity index (χ0n) is 12.5. The van der Waals surface area contributed by atoms with Crippen LogP contribution in [0.15, 0.2) is 30.3 Å². The Labute approximate surface area is 126 Å². The molecule has 4 heteroatoms. The molecule has 0 radical (unpaired) electrons. The van der Waals surface area contributed by atoms with Crippen LogP contribution in [-0.2, 0) is 4.74 Å². The van der Waals surface area contributed by atoms with Crippen LogP contribution >= 0.6 is 0 Å². The standard InChI is InChI=1S/C17H24N2O2/c1-12-9-15(12)11-19-17(20)18-10-14-7-8-21-16(14)13-5-3-2-4-6-13/h2-6,12,14-16H,7-11H2,1H3,(H2,18,19,20)/t12-,14-,15+,16-/m1/s1. The second-order valence-corrected chi connectivity index (χ2v) is 6.31. The number of carbonyl (C=O) groups is 1. The first kappa shape index (κ1) is 14.4. The van der Waals surface area contributed by atoms with E-state index in [1.807, 2.05) is 18.2 Å². The largest absolute Gasteiger partial charge is 0.373 e. The molecule has 0 bridgehead atoms. The van der Waals surface area contributed by atoms with E-state index < -0.39 is 0 Å². The van der Waals surface area contributed by atoms with Gasteiger partial charge in [0.25, 0.3) is 0 Å². The zero-order chi connectivity index (χ0) is 14.7. The minimum Gasteiger partial charge on any atom is -0.373 e. The van der Waals surface area contributed by atoms with Crippen molar-refractivity contribution < 1.29 is 9.53 Å². The normalized spacial score (nSPS) is 30.9. The van der Waals surface area contributed by atoms with Gasteiger partial charge in [0.05, 0.1) is 6.10 Å². The molecular formula is C17H24N2O2. The maximum Gasteiger partial charge on any atom is 0.314 e. The highest BCUT2D eigenvalue weighted by molar-refractivity contribution is 5.73. The molecule has 2 N–H and O–H groups in total. The minimum atomic E-state index is -0.0483. The van der Waals surface area contributed by atoms with Gasteiger partial charge >= 0.3 is 6.03 Å². The third-order valence-corrected chi connectivity index (χ3v) is 4.67. The van der Waals surface area contributed by atoms with Gasteiger partial charge < -0.3 is 15.4 Å². The third-order valence-electron chi connectivity index (χ3n) is 4.67. The molecule has 1 heterocycles. The van der Waals surface area contributed by atoms with Crippen LogP contribution in [0.4, 0.5) is 4.79 Å². The Kier molecular flexibility index (Phi) is 4.44. The summed E-state index contributed by atoms with van der Waals surface area (Å²) in [6, 6.07) is 10.2. The van der Waals surface area contributed by atoms with Crippen molar-refractivity contribution in [3.05, 3.63) is 35.9 Å². The van der Waals surface area contributed by atoms with E-state index in [1.54, 1.807) is 0 Å². The van der Waals surface area contributed by atoms with Crippen LogP contribution in [0, 0.1) is 17.8 Å². The molecule has 1 aromatic rings. The van der Waals surface area contributed by atoms with Gasteiger partial charge in [0, 0.05) is 25.6 Å². The number of ether oxygens (including phenoxy) is 1. The molecule has 0 aromatic heterocycles. The van der Waals surface area contributed by atoms with Crippen LogP contribution in [0.5, 0.6) is 0 Å². The Balaban J connectivity index is 1.44. The molecule has 0 unspecified atom stereocenters. The highest BCUT2D eigenvalue weighted by atomic mass is 16.5. The fraction of sp³-hybridized carbons (Fsp3) is 0.588. The number of amides is 2. The van der Waals surface area contributed by atoms with Crippen molar-refractivity contribution in [2.45, 2.75) is 25.9 Å². The second-order valence-electron chi connectivity index (χ2n) is 6.31. The summed E-state index contributed by atoms with van der Waals surface area (Å²) < 4.78 is 5.83. The molecule has 1 aliphatic heterocycles. The van der Waals surface area contributed by atoms with Crippen LogP contribution in [-0.4, -0.2) is 25.7 Å². The Morgan fingerprint density at radius 3 is 2.52 bits per heavy atom. The Hall–Kier alpha value is -1.55. The molecule has 2 amide bonds. The lowest BCUT2D eigenvalue weighted by atomic mass is 9.95. The average Bonchev–Trinajstić information content (AvgIpc) is 3.02. The molecule has 1 aliphatic carbocycles. The summed E-state index contributed by atoms with van der Waals surface area (Å²) in [7, 11) is 0. The first-order chi connectivity index (χ1) is 10.2. The maximum atomic E-state index is 11.8. The molecule has 4 nitrogen and oxygen atoms in total. The number of nitrogens with one attached hydrogen (secondary N) is 2. The monoisotopic (exact) mass is 288 g/mol. The van der Waals surface area contributed by atoms with Crippen molar-refractivity contribution >= 4 is 6.03 Å². The molecule has 0 spiro atoms. The summed E-state index contributed by atoms with van der Waals surface area (Å²) in [5.41, 5.74) is 1.20. The summed E-state index contributed by atoms with van der Waals surface area (Å²) in [5.74, 6) is 1.82. The number of benzene rings is 1. The van der Waals surface area contributed by atoms with Crippen LogP contribution in [0.25, 0.3) is 0 Å². The van der Waals surface area contributed by atoms with Crippen molar-refractivity contribution in [3.63, 3.8) is 0 Å². The molecule has 1 saturated heterocycles. The van der Waals surface area contributed by atoms with Gasteiger partial charge in [-0.15, -0.1) is 0 Å². The lowest BCUT2D eigenvalue weighted by Gasteiger charge is -2.19. The first-order valence-electron chi connectivity index (χ1n) is 7.92. The van der Waals surface area contributed by atoms with Gasteiger partial charge in [0.1, 0.15) is 0 Å². The molecule has 3 rings (SSSR count). The molecule has 2 aliphatic rings. The number of carbonyl (C=O) groups excluding carboxylic acids is 1. The fourth-order valence-electron chi connectivity index (χ4n) is 3.05. The quantitative estimate of drug-likeness (QED) is 0.875. The van der Waals surface area contributed by atoms with E-state index >= 15 is 0 Å². The van der Waals surface area contributed by atoms with Crippen molar-refractivity contribution in [1.82, 2.24) is 10.6 Å². The predicted molar refractivity (Wildman–Crippen MR) is 81.9 cm³/mol. The molecule has 21 heavy (non-hydrogen) atoms. The first-order valence-corrected chi connectivity index (χ1v) is 7.92. The van der Waals surface area contributed by atoms with E-state index in [0.717, 1.165) is 25.5 Å². The highest BCUT2D eigenvalue weighted by Crippen LogP contribution is 2.36. The van der Waals surface area contributed by atoms with E-state index in [-0.39, 0.29) is 12.1 Å². The van der Waals surface area contributed by atoms with Gasteiger partial charge in [-0.1, -0.05) is 37.3 Å². The van der Waals surface area contributed by atoms with Gasteiger partial charge in [-0.3, -0.25) is 0 Å². The highest BCUT2D eigenvalue weighted by Gasteiger charge is 2.33. The number of hydrogen-bond acceptors (Lipinski definition) is 2. The van der Waals surface area contributed by atoms with Crippen LogP contribution in [0.1, 0.15) is 31.4 Å². The van der Waals surface area contributed by atoms with E-state index in [1.165, 1.54) is 12.0 Å². The van der Waals surface area contributed by atoms with Gasteiger partial charge in [-0.05, 0) is 30.2 Å². The smallest absolute Gasteiger partial charge is 0.314 e. The third kappa shape index (κ3) is 3.76. The Bertz CT molecular complexity index is 477. The summed E-state index contributed by atoms with van der Waals surface area (Å²) in [5, 5.41) is 5.95. The van der Waals surface area contributed by atoms with Crippen LogP contribution < -0.4 is 10.6 Å². The maximum absolute atomic E-state index is 11.8. The molecule has 1 aromatic carbocycles. The predicted octanol–water partition coefficient (Wildman–Crippen LogP) is 2.72. The van der Waals surface area contributed by atoms with E-state index in [4.69, 9.17) is 4.74 Å². The average molecular weight is 288 g/mol. The number of rotatable bonds is 5. The lowest BCUT2D eigenvalue weighted by Crippen LogP contribution is -2.39. The second kappa shape index (κ2) is 6.48. The van der Waals surface area contributed by atoms with E-state index in [2.05, 4.69) is 29.7 Å². The van der Waals surface area contributed by atoms with E-state index in [9.17, 15) is 4.79 Å².